The molecule has 0 aliphatic carbocycles. The third kappa shape index (κ3) is 3.46. The molecule has 1 aromatic rings. The molecule has 1 aromatic carbocycles. The number of hydrogen-bond acceptors (Lipinski definition) is 1. The van der Waals surface area contributed by atoms with Gasteiger partial charge in [0.25, 0.3) is 0 Å². The van der Waals surface area contributed by atoms with Gasteiger partial charge in [0.1, 0.15) is 16.2 Å². The summed E-state index contributed by atoms with van der Waals surface area (Å²) in [5.41, 5.74) is 0.965. The highest BCUT2D eigenvalue weighted by Gasteiger charge is 2.07. The monoisotopic (exact) mass is 216 g/mol. The summed E-state index contributed by atoms with van der Waals surface area (Å²) >= 11 is 0. The van der Waals surface area contributed by atoms with Crippen LogP contribution >= 0.6 is 12.4 Å². The van der Waals surface area contributed by atoms with Crippen molar-refractivity contribution in [2.24, 2.45) is 0 Å². The van der Waals surface area contributed by atoms with E-state index in [0.717, 1.165) is 5.56 Å². The highest BCUT2D eigenvalue weighted by atomic mass is 35.5. The van der Waals surface area contributed by atoms with Crippen molar-refractivity contribution >= 4 is 22.8 Å². The average molecular weight is 217 g/mol. The minimum atomic E-state index is -0.187. The van der Waals surface area contributed by atoms with Crippen LogP contribution in [0.15, 0.2) is 24.3 Å². The summed E-state index contributed by atoms with van der Waals surface area (Å²) in [5.74, 6) is -0.187. The molecule has 3 radical (unpaired) electrons. The Balaban J connectivity index is 0.00000144. The fourth-order valence-electron chi connectivity index (χ4n) is 0.990. The minimum absolute atomic E-state index is 0. The van der Waals surface area contributed by atoms with Crippen molar-refractivity contribution in [3.05, 3.63) is 35.6 Å². The lowest BCUT2D eigenvalue weighted by Gasteiger charge is -2.19. The lowest BCUT2D eigenvalue weighted by atomic mass is 10.1. The van der Waals surface area contributed by atoms with Gasteiger partial charge < -0.3 is 4.57 Å². The Bertz CT molecular complexity index is 268. The summed E-state index contributed by atoms with van der Waals surface area (Å²) in [4.78, 5) is 0. The molecule has 0 N–H and O–H groups in total. The maximum absolute atomic E-state index is 12.8. The molecule has 1 rings (SSSR count). The van der Waals surface area contributed by atoms with Gasteiger partial charge in [-0.2, -0.15) is 0 Å². The molecule has 0 amide bonds. The topological polar surface area (TPSA) is 3.24 Å². The molecule has 0 heterocycles. The molecular weight excluding hydrogens is 205 g/mol. The van der Waals surface area contributed by atoms with Crippen LogP contribution in [0.2, 0.25) is 0 Å². The second-order valence-electron chi connectivity index (χ2n) is 2.84. The maximum Gasteiger partial charge on any atom is 0.143 e. The molecule has 1 unspecified atom stereocenters. The van der Waals surface area contributed by atoms with Crippen LogP contribution in [-0.4, -0.2) is 22.0 Å². The van der Waals surface area contributed by atoms with E-state index in [9.17, 15) is 4.39 Å². The van der Waals surface area contributed by atoms with Gasteiger partial charge in [0.05, 0.1) is 0 Å². The summed E-state index contributed by atoms with van der Waals surface area (Å²) in [6.45, 7) is 2.00. The van der Waals surface area contributed by atoms with E-state index in [1.165, 1.54) is 6.07 Å². The van der Waals surface area contributed by atoms with Crippen LogP contribution in [0.1, 0.15) is 18.5 Å². The second kappa shape index (κ2) is 5.37. The number of nitrogens with zero attached hydrogens (tertiary/aromatic N) is 1. The zero-order valence-corrected chi connectivity index (χ0v) is 9.44. The molecule has 1 nitrogen and oxygen atoms in total. The Morgan fingerprint density at radius 2 is 2.08 bits per heavy atom. The number of halogens is 2. The SMILES string of the molecule is CC(c1cccc(F)c1)N(C)[Si].Cl. The molecule has 13 heavy (non-hydrogen) atoms. The van der Waals surface area contributed by atoms with Crippen molar-refractivity contribution in [1.29, 1.82) is 0 Å². The molecule has 0 aromatic heterocycles. The molecule has 0 saturated heterocycles. The highest BCUT2D eigenvalue weighted by molar-refractivity contribution is 6.04. The van der Waals surface area contributed by atoms with Crippen LogP contribution in [0.25, 0.3) is 0 Å². The normalized spacial score (nSPS) is 12.4. The summed E-state index contributed by atoms with van der Waals surface area (Å²) in [6, 6.07) is 6.80. The Morgan fingerprint density at radius 3 is 2.54 bits per heavy atom. The quantitative estimate of drug-likeness (QED) is 0.686. The van der Waals surface area contributed by atoms with Crippen molar-refractivity contribution in [2.75, 3.05) is 7.05 Å². The van der Waals surface area contributed by atoms with Gasteiger partial charge in [0.2, 0.25) is 0 Å². The first-order chi connectivity index (χ1) is 5.61. The molecule has 0 aliphatic rings. The number of rotatable bonds is 2. The van der Waals surface area contributed by atoms with E-state index in [1.54, 1.807) is 12.1 Å². The van der Waals surface area contributed by atoms with E-state index in [0.29, 0.717) is 0 Å². The van der Waals surface area contributed by atoms with Crippen LogP contribution in [-0.2, 0) is 0 Å². The maximum atomic E-state index is 12.8. The molecule has 0 saturated carbocycles. The van der Waals surface area contributed by atoms with Gasteiger partial charge in [0, 0.05) is 6.04 Å². The molecule has 0 aliphatic heterocycles. The standard InChI is InChI=1S/C9H11FNSi.ClH/c1-7(11(2)12)8-4-3-5-9(10)6-8;/h3-7H,1-2H3;1H. The zero-order chi connectivity index (χ0) is 9.14. The Morgan fingerprint density at radius 1 is 1.46 bits per heavy atom. The van der Waals surface area contributed by atoms with Crippen molar-refractivity contribution in [3.8, 4) is 0 Å². The van der Waals surface area contributed by atoms with Gasteiger partial charge >= 0.3 is 0 Å². The molecular formula is C9H12ClFNSi. The third-order valence-corrected chi connectivity index (χ3v) is 2.30. The molecule has 4 heteroatoms. The van der Waals surface area contributed by atoms with Crippen LogP contribution in [0, 0.1) is 5.82 Å². The summed E-state index contributed by atoms with van der Waals surface area (Å²) in [5, 5.41) is 0. The predicted octanol–water partition coefficient (Wildman–Crippen LogP) is 2.32. The van der Waals surface area contributed by atoms with Gasteiger partial charge in [-0.3, -0.25) is 0 Å². The van der Waals surface area contributed by atoms with Crippen molar-refractivity contribution in [1.82, 2.24) is 4.57 Å². The number of hydrogen-bond donors (Lipinski definition) is 0. The van der Waals surface area contributed by atoms with Crippen LogP contribution in [0.4, 0.5) is 4.39 Å². The third-order valence-electron chi connectivity index (χ3n) is 1.91. The molecule has 0 bridgehead atoms. The van der Waals surface area contributed by atoms with E-state index in [-0.39, 0.29) is 24.3 Å². The first-order valence-corrected chi connectivity index (χ1v) is 4.25. The van der Waals surface area contributed by atoms with Crippen molar-refractivity contribution in [3.63, 3.8) is 0 Å². The van der Waals surface area contributed by atoms with E-state index in [4.69, 9.17) is 0 Å². The molecule has 1 atom stereocenters. The van der Waals surface area contributed by atoms with E-state index < -0.39 is 0 Å². The lowest BCUT2D eigenvalue weighted by molar-refractivity contribution is 0.434. The molecule has 0 spiro atoms. The Hall–Kier alpha value is -0.383. The molecule has 0 fully saturated rings. The molecule has 71 valence electrons. The predicted molar refractivity (Wildman–Crippen MR) is 55.6 cm³/mol. The van der Waals surface area contributed by atoms with Crippen LogP contribution in [0.3, 0.4) is 0 Å². The lowest BCUT2D eigenvalue weighted by Crippen LogP contribution is -2.18. The average Bonchev–Trinajstić information content (AvgIpc) is 2.03. The fourth-order valence-corrected chi connectivity index (χ4v) is 1.14. The van der Waals surface area contributed by atoms with E-state index in [1.807, 2.05) is 24.6 Å². The largest absolute Gasteiger partial charge is 0.323 e. The van der Waals surface area contributed by atoms with Gasteiger partial charge in [0.15, 0.2) is 0 Å². The summed E-state index contributed by atoms with van der Waals surface area (Å²) in [6.07, 6.45) is 0. The first-order valence-electron chi connectivity index (χ1n) is 3.81. The van der Waals surface area contributed by atoms with Crippen LogP contribution in [0.5, 0.6) is 0 Å². The van der Waals surface area contributed by atoms with E-state index >= 15 is 0 Å². The van der Waals surface area contributed by atoms with Crippen molar-refractivity contribution < 1.29 is 4.39 Å². The zero-order valence-electron chi connectivity index (χ0n) is 7.62. The Kier molecular flexibility index (Phi) is 5.21. The summed E-state index contributed by atoms with van der Waals surface area (Å²) in [7, 11) is 5.26. The van der Waals surface area contributed by atoms with E-state index in [2.05, 4.69) is 10.4 Å². The van der Waals surface area contributed by atoms with Gasteiger partial charge in [-0.15, -0.1) is 12.4 Å². The van der Waals surface area contributed by atoms with Crippen molar-refractivity contribution in [2.45, 2.75) is 13.0 Å². The Labute approximate surface area is 87.9 Å². The van der Waals surface area contributed by atoms with Gasteiger partial charge in [-0.25, -0.2) is 4.39 Å². The summed E-state index contributed by atoms with van der Waals surface area (Å²) < 4.78 is 14.6. The highest BCUT2D eigenvalue weighted by Crippen LogP contribution is 2.16. The fraction of sp³-hybridized carbons (Fsp3) is 0.333. The smallest absolute Gasteiger partial charge is 0.143 e. The first kappa shape index (κ1) is 12.6. The van der Waals surface area contributed by atoms with Gasteiger partial charge in [-0.05, 0) is 31.7 Å². The number of benzene rings is 1. The van der Waals surface area contributed by atoms with Gasteiger partial charge in [-0.1, -0.05) is 12.1 Å². The second-order valence-corrected chi connectivity index (χ2v) is 3.55. The van der Waals surface area contributed by atoms with Crippen LogP contribution < -0.4 is 0 Å². The minimum Gasteiger partial charge on any atom is -0.323 e.